The highest BCUT2D eigenvalue weighted by molar-refractivity contribution is 9.10. The maximum absolute atomic E-state index is 5.77. The van der Waals surface area contributed by atoms with Gasteiger partial charge in [-0.15, -0.1) is 0 Å². The first-order valence-corrected chi connectivity index (χ1v) is 6.57. The van der Waals surface area contributed by atoms with Crippen LogP contribution in [0.15, 0.2) is 16.7 Å². The van der Waals surface area contributed by atoms with Crippen LogP contribution in [0.5, 0.6) is 0 Å². The quantitative estimate of drug-likeness (QED) is 0.947. The second kappa shape index (κ2) is 4.74. The van der Waals surface area contributed by atoms with Gasteiger partial charge in [-0.1, -0.05) is 13.8 Å². The molecule has 5 heteroatoms. The lowest BCUT2D eigenvalue weighted by Crippen LogP contribution is -2.19. The van der Waals surface area contributed by atoms with E-state index in [4.69, 9.17) is 5.73 Å². The van der Waals surface area contributed by atoms with Crippen molar-refractivity contribution in [3.63, 3.8) is 0 Å². The minimum Gasteiger partial charge on any atom is -0.328 e. The van der Waals surface area contributed by atoms with E-state index in [9.17, 15) is 0 Å². The molecular formula is C12H17BrN4. The zero-order chi connectivity index (χ0) is 12.6. The highest BCUT2D eigenvalue weighted by Gasteiger charge is 2.18. The van der Waals surface area contributed by atoms with Crippen molar-refractivity contribution in [1.29, 1.82) is 0 Å². The third kappa shape index (κ3) is 2.21. The van der Waals surface area contributed by atoms with Gasteiger partial charge in [0.1, 0.15) is 11.3 Å². The molecule has 0 saturated heterocycles. The third-order valence-electron chi connectivity index (χ3n) is 2.82. The predicted octanol–water partition coefficient (Wildman–Crippen LogP) is 2.84. The first-order valence-electron chi connectivity index (χ1n) is 5.78. The van der Waals surface area contributed by atoms with Crippen molar-refractivity contribution in [3.8, 4) is 0 Å². The van der Waals surface area contributed by atoms with Crippen molar-refractivity contribution in [2.24, 2.45) is 5.73 Å². The highest BCUT2D eigenvalue weighted by atomic mass is 79.9. The number of aromatic nitrogens is 3. The topological polar surface area (TPSA) is 56.7 Å². The number of hydrogen-bond donors (Lipinski definition) is 1. The summed E-state index contributed by atoms with van der Waals surface area (Å²) in [6.07, 6.45) is 1.80. The van der Waals surface area contributed by atoms with Crippen molar-refractivity contribution in [2.45, 2.75) is 32.7 Å². The van der Waals surface area contributed by atoms with Gasteiger partial charge in [-0.3, -0.25) is 0 Å². The molecule has 0 saturated carbocycles. The number of hydrogen-bond acceptors (Lipinski definition) is 3. The minimum atomic E-state index is 0.214. The summed E-state index contributed by atoms with van der Waals surface area (Å²) in [5.74, 6) is 1.40. The third-order valence-corrected chi connectivity index (χ3v) is 3.26. The number of nitrogens with two attached hydrogens (primary N) is 1. The molecule has 0 aliphatic heterocycles. The maximum atomic E-state index is 5.77. The molecule has 2 aromatic rings. The first-order chi connectivity index (χ1) is 8.04. The Morgan fingerprint density at radius 2 is 2.12 bits per heavy atom. The number of fused-ring (bicyclic) bond motifs is 1. The van der Waals surface area contributed by atoms with Gasteiger partial charge in [0.15, 0.2) is 5.65 Å². The summed E-state index contributed by atoms with van der Waals surface area (Å²) in [5.41, 5.74) is 7.60. The number of imidazole rings is 1. The largest absolute Gasteiger partial charge is 0.328 e. The van der Waals surface area contributed by atoms with Crippen LogP contribution in [0.25, 0.3) is 11.2 Å². The van der Waals surface area contributed by atoms with Gasteiger partial charge >= 0.3 is 0 Å². The van der Waals surface area contributed by atoms with E-state index < -0.39 is 0 Å². The van der Waals surface area contributed by atoms with Gasteiger partial charge in [0, 0.05) is 29.2 Å². The number of rotatable bonds is 3. The smallest absolute Gasteiger partial charge is 0.160 e. The lowest BCUT2D eigenvalue weighted by atomic mass is 10.2. The fraction of sp³-hybridized carbons (Fsp3) is 0.500. The molecule has 0 fully saturated rings. The molecule has 0 aromatic carbocycles. The van der Waals surface area contributed by atoms with Crippen LogP contribution < -0.4 is 5.73 Å². The van der Waals surface area contributed by atoms with Gasteiger partial charge in [0.25, 0.3) is 0 Å². The Hall–Kier alpha value is -0.940. The van der Waals surface area contributed by atoms with Gasteiger partial charge in [0.05, 0.1) is 0 Å². The molecule has 2 N–H and O–H groups in total. The van der Waals surface area contributed by atoms with Crippen LogP contribution in [0.4, 0.5) is 0 Å². The van der Waals surface area contributed by atoms with Gasteiger partial charge < -0.3 is 10.3 Å². The Morgan fingerprint density at radius 3 is 2.71 bits per heavy atom. The first kappa shape index (κ1) is 12.5. The van der Waals surface area contributed by atoms with E-state index in [-0.39, 0.29) is 6.04 Å². The predicted molar refractivity (Wildman–Crippen MR) is 73.1 cm³/mol. The molecule has 0 bridgehead atoms. The van der Waals surface area contributed by atoms with Gasteiger partial charge in [0.2, 0.25) is 0 Å². The van der Waals surface area contributed by atoms with Crippen LogP contribution in [0.1, 0.15) is 38.6 Å². The Bertz CT molecular complexity index is 533. The van der Waals surface area contributed by atoms with E-state index in [1.807, 2.05) is 6.07 Å². The fourth-order valence-corrected chi connectivity index (χ4v) is 2.24. The molecule has 92 valence electrons. The zero-order valence-corrected chi connectivity index (χ0v) is 11.9. The molecule has 1 unspecified atom stereocenters. The summed E-state index contributed by atoms with van der Waals surface area (Å²) in [5, 5.41) is 0. The van der Waals surface area contributed by atoms with Crippen molar-refractivity contribution in [2.75, 3.05) is 6.54 Å². The van der Waals surface area contributed by atoms with Crippen LogP contribution in [0, 0.1) is 0 Å². The molecule has 2 aromatic heterocycles. The van der Waals surface area contributed by atoms with E-state index >= 15 is 0 Å². The Kier molecular flexibility index (Phi) is 3.49. The summed E-state index contributed by atoms with van der Waals surface area (Å²) >= 11 is 3.42. The zero-order valence-electron chi connectivity index (χ0n) is 10.3. The van der Waals surface area contributed by atoms with Crippen LogP contribution in [0.3, 0.4) is 0 Å². The standard InChI is InChI=1S/C12H17BrN4/c1-7(2)11-16-10-4-9(13)6-15-12(10)17(11)8(3)5-14/h4,6-8H,5,14H2,1-3H3. The lowest BCUT2D eigenvalue weighted by Gasteiger charge is -2.16. The van der Waals surface area contributed by atoms with E-state index in [0.717, 1.165) is 21.5 Å². The number of nitrogens with zero attached hydrogens (tertiary/aromatic N) is 3. The van der Waals surface area contributed by atoms with Crippen molar-refractivity contribution >= 4 is 27.1 Å². The lowest BCUT2D eigenvalue weighted by molar-refractivity contribution is 0.529. The van der Waals surface area contributed by atoms with Gasteiger partial charge in [-0.05, 0) is 28.9 Å². The molecular weight excluding hydrogens is 280 g/mol. The average Bonchev–Trinajstić information content (AvgIpc) is 2.66. The summed E-state index contributed by atoms with van der Waals surface area (Å²) < 4.78 is 3.09. The van der Waals surface area contributed by atoms with Gasteiger partial charge in [-0.2, -0.15) is 0 Å². The molecule has 2 rings (SSSR count). The monoisotopic (exact) mass is 296 g/mol. The molecule has 0 radical (unpaired) electrons. The minimum absolute atomic E-state index is 0.214. The van der Waals surface area contributed by atoms with Crippen LogP contribution in [-0.4, -0.2) is 21.1 Å². The molecule has 4 nitrogen and oxygen atoms in total. The average molecular weight is 297 g/mol. The van der Waals surface area contributed by atoms with Crippen molar-refractivity contribution in [3.05, 3.63) is 22.6 Å². The second-order valence-electron chi connectivity index (χ2n) is 4.58. The number of pyridine rings is 1. The highest BCUT2D eigenvalue weighted by Crippen LogP contribution is 2.25. The summed E-state index contributed by atoms with van der Waals surface area (Å²) in [6, 6.07) is 2.21. The maximum Gasteiger partial charge on any atom is 0.160 e. The molecule has 17 heavy (non-hydrogen) atoms. The van der Waals surface area contributed by atoms with Crippen LogP contribution in [-0.2, 0) is 0 Å². The van der Waals surface area contributed by atoms with E-state index in [0.29, 0.717) is 12.5 Å². The molecule has 2 heterocycles. The molecule has 0 spiro atoms. The second-order valence-corrected chi connectivity index (χ2v) is 5.49. The Balaban J connectivity index is 2.71. The van der Waals surface area contributed by atoms with Crippen molar-refractivity contribution < 1.29 is 0 Å². The van der Waals surface area contributed by atoms with Crippen LogP contribution in [0.2, 0.25) is 0 Å². The van der Waals surface area contributed by atoms with Crippen LogP contribution >= 0.6 is 15.9 Å². The normalized spacial score (nSPS) is 13.5. The molecule has 1 atom stereocenters. The summed E-state index contributed by atoms with van der Waals surface area (Å²) in [6.45, 7) is 6.95. The summed E-state index contributed by atoms with van der Waals surface area (Å²) in [7, 11) is 0. The molecule has 0 amide bonds. The number of halogens is 1. The van der Waals surface area contributed by atoms with Crippen molar-refractivity contribution in [1.82, 2.24) is 14.5 Å². The fourth-order valence-electron chi connectivity index (χ4n) is 1.92. The Morgan fingerprint density at radius 1 is 1.41 bits per heavy atom. The van der Waals surface area contributed by atoms with Gasteiger partial charge in [-0.25, -0.2) is 9.97 Å². The van der Waals surface area contributed by atoms with E-state index in [2.05, 4.69) is 51.2 Å². The molecule has 0 aliphatic rings. The SMILES string of the molecule is CC(C)c1nc2cc(Br)cnc2n1C(C)CN. The van der Waals surface area contributed by atoms with E-state index in [1.165, 1.54) is 0 Å². The van der Waals surface area contributed by atoms with E-state index in [1.54, 1.807) is 6.20 Å². The molecule has 0 aliphatic carbocycles. The Labute approximate surface area is 109 Å². The summed E-state index contributed by atoms with van der Waals surface area (Å²) in [4.78, 5) is 9.11.